The molecule has 2 aromatic carbocycles. The van der Waals surface area contributed by atoms with Crippen LogP contribution in [-0.2, 0) is 14.3 Å². The van der Waals surface area contributed by atoms with Crippen LogP contribution in [0.5, 0.6) is 5.75 Å². The van der Waals surface area contributed by atoms with Crippen molar-refractivity contribution in [2.45, 2.75) is 19.9 Å². The maximum Gasteiger partial charge on any atom is 0.295 e. The standard InChI is InChI=1S/C26H30N2O5/c1-3-33-21-10-8-19(9-11-21)23-22(24(29)20-6-4-18(2)5-7-20)25(30)26(31)28(23)13-12-27-14-16-32-17-15-27/h4-11,23,29H,3,12-17H2,1-2H3/t23-/m1/s1. The van der Waals surface area contributed by atoms with Crippen molar-refractivity contribution in [1.29, 1.82) is 0 Å². The first kappa shape index (κ1) is 23.0. The highest BCUT2D eigenvalue weighted by molar-refractivity contribution is 6.46. The van der Waals surface area contributed by atoms with Gasteiger partial charge in [-0.05, 0) is 31.5 Å². The van der Waals surface area contributed by atoms with Crippen molar-refractivity contribution in [3.8, 4) is 5.75 Å². The Bertz CT molecular complexity index is 1020. The molecule has 2 aliphatic heterocycles. The van der Waals surface area contributed by atoms with Gasteiger partial charge in [0, 0.05) is 31.7 Å². The van der Waals surface area contributed by atoms with Crippen LogP contribution in [-0.4, -0.2) is 72.6 Å². The second-order valence-electron chi connectivity index (χ2n) is 8.31. The van der Waals surface area contributed by atoms with Crippen molar-refractivity contribution in [1.82, 2.24) is 9.80 Å². The summed E-state index contributed by atoms with van der Waals surface area (Å²) in [7, 11) is 0. The summed E-state index contributed by atoms with van der Waals surface area (Å²) in [5, 5.41) is 11.1. The molecule has 0 saturated carbocycles. The third-order valence-electron chi connectivity index (χ3n) is 6.13. The molecule has 0 radical (unpaired) electrons. The zero-order valence-electron chi connectivity index (χ0n) is 19.1. The number of morpholine rings is 1. The molecule has 7 heteroatoms. The molecule has 2 fully saturated rings. The summed E-state index contributed by atoms with van der Waals surface area (Å²) < 4.78 is 11.0. The fourth-order valence-electron chi connectivity index (χ4n) is 4.31. The van der Waals surface area contributed by atoms with E-state index in [0.29, 0.717) is 44.2 Å². The number of nitrogens with zero attached hydrogens (tertiary/aromatic N) is 2. The van der Waals surface area contributed by atoms with Gasteiger partial charge in [0.05, 0.1) is 31.4 Å². The van der Waals surface area contributed by atoms with Crippen LogP contribution in [0.25, 0.3) is 5.76 Å². The predicted molar refractivity (Wildman–Crippen MR) is 125 cm³/mol. The average molecular weight is 451 g/mol. The van der Waals surface area contributed by atoms with E-state index in [4.69, 9.17) is 9.47 Å². The van der Waals surface area contributed by atoms with E-state index in [9.17, 15) is 14.7 Å². The summed E-state index contributed by atoms with van der Waals surface area (Å²) in [5.74, 6) is -0.684. The first-order valence-corrected chi connectivity index (χ1v) is 11.4. The lowest BCUT2D eigenvalue weighted by atomic mass is 9.95. The number of benzene rings is 2. The summed E-state index contributed by atoms with van der Waals surface area (Å²) in [6.45, 7) is 8.34. The minimum absolute atomic E-state index is 0.120. The van der Waals surface area contributed by atoms with Crippen molar-refractivity contribution in [2.75, 3.05) is 46.0 Å². The molecule has 0 spiro atoms. The number of rotatable bonds is 7. The summed E-state index contributed by atoms with van der Waals surface area (Å²) in [5.41, 5.74) is 2.44. The molecule has 7 nitrogen and oxygen atoms in total. The first-order valence-electron chi connectivity index (χ1n) is 11.4. The zero-order chi connectivity index (χ0) is 23.4. The number of ketones is 1. The lowest BCUT2D eigenvalue weighted by molar-refractivity contribution is -0.140. The third kappa shape index (κ3) is 4.94. The molecule has 33 heavy (non-hydrogen) atoms. The van der Waals surface area contributed by atoms with Crippen molar-refractivity contribution >= 4 is 17.4 Å². The van der Waals surface area contributed by atoms with Crippen molar-refractivity contribution in [3.05, 3.63) is 70.8 Å². The first-order chi connectivity index (χ1) is 16.0. The normalized spacial score (nSPS) is 20.9. The maximum absolute atomic E-state index is 13.1. The molecule has 0 aromatic heterocycles. The Kier molecular flexibility index (Phi) is 7.11. The van der Waals surface area contributed by atoms with Gasteiger partial charge in [0.15, 0.2) is 0 Å². The number of ether oxygens (including phenoxy) is 2. The maximum atomic E-state index is 13.1. The van der Waals surface area contributed by atoms with Crippen LogP contribution in [0.3, 0.4) is 0 Å². The molecule has 2 heterocycles. The summed E-state index contributed by atoms with van der Waals surface area (Å²) in [6, 6.07) is 14.0. The highest BCUT2D eigenvalue weighted by Gasteiger charge is 2.46. The van der Waals surface area contributed by atoms with E-state index in [2.05, 4.69) is 4.90 Å². The van der Waals surface area contributed by atoms with Crippen molar-refractivity contribution in [2.24, 2.45) is 0 Å². The topological polar surface area (TPSA) is 79.3 Å². The Morgan fingerprint density at radius 1 is 1.03 bits per heavy atom. The molecule has 174 valence electrons. The number of aryl methyl sites for hydroxylation is 1. The van der Waals surface area contributed by atoms with E-state index >= 15 is 0 Å². The van der Waals surface area contributed by atoms with Crippen LogP contribution < -0.4 is 4.74 Å². The van der Waals surface area contributed by atoms with Gasteiger partial charge in [-0.3, -0.25) is 14.5 Å². The second kappa shape index (κ2) is 10.2. The van der Waals surface area contributed by atoms with E-state index in [1.165, 1.54) is 0 Å². The second-order valence-corrected chi connectivity index (χ2v) is 8.31. The van der Waals surface area contributed by atoms with E-state index in [0.717, 1.165) is 24.2 Å². The number of hydrogen-bond donors (Lipinski definition) is 1. The fraction of sp³-hybridized carbons (Fsp3) is 0.385. The van der Waals surface area contributed by atoms with Crippen LogP contribution in [0.15, 0.2) is 54.1 Å². The van der Waals surface area contributed by atoms with Crippen LogP contribution in [0, 0.1) is 6.92 Å². The quantitative estimate of drug-likeness (QED) is 0.397. The molecule has 2 aliphatic rings. The molecule has 0 aliphatic carbocycles. The van der Waals surface area contributed by atoms with Gasteiger partial charge in [-0.2, -0.15) is 0 Å². The van der Waals surface area contributed by atoms with Crippen LogP contribution in [0.1, 0.15) is 29.7 Å². The van der Waals surface area contributed by atoms with Gasteiger partial charge in [0.25, 0.3) is 11.7 Å². The highest BCUT2D eigenvalue weighted by atomic mass is 16.5. The minimum atomic E-state index is -0.664. The monoisotopic (exact) mass is 450 g/mol. The van der Waals surface area contributed by atoms with Gasteiger partial charge in [0.2, 0.25) is 0 Å². The van der Waals surface area contributed by atoms with Gasteiger partial charge in [-0.25, -0.2) is 0 Å². The van der Waals surface area contributed by atoms with Gasteiger partial charge < -0.3 is 19.5 Å². The lowest BCUT2D eigenvalue weighted by Gasteiger charge is -2.31. The molecule has 1 atom stereocenters. The SMILES string of the molecule is CCOc1ccc([C@@H]2C(=C(O)c3ccc(C)cc3)C(=O)C(=O)N2CCN2CCOCC2)cc1. The van der Waals surface area contributed by atoms with Gasteiger partial charge in [-0.1, -0.05) is 42.0 Å². The Labute approximate surface area is 194 Å². The smallest absolute Gasteiger partial charge is 0.295 e. The van der Waals surface area contributed by atoms with Crippen molar-refractivity contribution in [3.63, 3.8) is 0 Å². The molecule has 1 amide bonds. The molecule has 0 bridgehead atoms. The molecule has 1 N–H and O–H groups in total. The van der Waals surface area contributed by atoms with E-state index in [-0.39, 0.29) is 11.3 Å². The number of amides is 1. The van der Waals surface area contributed by atoms with Gasteiger partial charge in [-0.15, -0.1) is 0 Å². The third-order valence-corrected chi connectivity index (χ3v) is 6.13. The minimum Gasteiger partial charge on any atom is -0.507 e. The molecular formula is C26H30N2O5. The number of hydrogen-bond acceptors (Lipinski definition) is 6. The lowest BCUT2D eigenvalue weighted by Crippen LogP contribution is -2.42. The van der Waals surface area contributed by atoms with Crippen LogP contribution in [0.2, 0.25) is 0 Å². The number of aliphatic hydroxyl groups is 1. The fourth-order valence-corrected chi connectivity index (χ4v) is 4.31. The predicted octanol–water partition coefficient (Wildman–Crippen LogP) is 3.15. The molecule has 0 unspecified atom stereocenters. The Morgan fingerprint density at radius 3 is 2.33 bits per heavy atom. The Balaban J connectivity index is 1.71. The zero-order valence-corrected chi connectivity index (χ0v) is 19.1. The summed E-state index contributed by atoms with van der Waals surface area (Å²) in [4.78, 5) is 30.0. The highest BCUT2D eigenvalue weighted by Crippen LogP contribution is 2.39. The molecular weight excluding hydrogens is 420 g/mol. The number of likely N-dealkylation sites (tertiary alicyclic amines) is 1. The Hall–Kier alpha value is -3.16. The number of carbonyl (C=O) groups excluding carboxylic acids is 2. The van der Waals surface area contributed by atoms with E-state index in [1.807, 2.05) is 50.2 Å². The Morgan fingerprint density at radius 2 is 1.70 bits per heavy atom. The molecule has 2 aromatic rings. The van der Waals surface area contributed by atoms with Crippen LogP contribution in [0.4, 0.5) is 0 Å². The molecule has 2 saturated heterocycles. The van der Waals surface area contributed by atoms with Crippen molar-refractivity contribution < 1.29 is 24.2 Å². The van der Waals surface area contributed by atoms with Crippen LogP contribution >= 0.6 is 0 Å². The average Bonchev–Trinajstić information content (AvgIpc) is 3.09. The number of aliphatic hydroxyl groups excluding tert-OH is 1. The largest absolute Gasteiger partial charge is 0.507 e. The number of Topliss-reactive ketones (excluding diaryl/α,β-unsaturated/α-hetero) is 1. The van der Waals surface area contributed by atoms with Gasteiger partial charge >= 0.3 is 0 Å². The summed E-state index contributed by atoms with van der Waals surface area (Å²) >= 11 is 0. The molecule has 4 rings (SSSR count). The number of carbonyl (C=O) groups is 2. The van der Waals surface area contributed by atoms with E-state index < -0.39 is 17.7 Å². The van der Waals surface area contributed by atoms with Gasteiger partial charge in [0.1, 0.15) is 11.5 Å². The van der Waals surface area contributed by atoms with E-state index in [1.54, 1.807) is 17.0 Å². The summed E-state index contributed by atoms with van der Waals surface area (Å²) in [6.07, 6.45) is 0.